The normalized spacial score (nSPS) is 11.1. The number of rotatable bonds is 4. The SMILES string of the molecule is CC(C)(O)CNC(=O)c1ccc([N+](=O)[O-])c(Cl)c1. The topological polar surface area (TPSA) is 92.5 Å². The Morgan fingerprint density at radius 2 is 2.17 bits per heavy atom. The third kappa shape index (κ3) is 3.97. The highest BCUT2D eigenvalue weighted by atomic mass is 35.5. The van der Waals surface area contributed by atoms with Crippen molar-refractivity contribution >= 4 is 23.2 Å². The summed E-state index contributed by atoms with van der Waals surface area (Å²) in [5, 5.41) is 22.4. The molecular formula is C11H13ClN2O4. The van der Waals surface area contributed by atoms with Crippen molar-refractivity contribution in [1.82, 2.24) is 5.32 Å². The van der Waals surface area contributed by atoms with E-state index in [4.69, 9.17) is 11.6 Å². The molecule has 0 fully saturated rings. The molecule has 0 heterocycles. The second-order valence-electron chi connectivity index (χ2n) is 4.42. The average molecular weight is 273 g/mol. The zero-order valence-electron chi connectivity index (χ0n) is 9.94. The number of carbonyl (C=O) groups is 1. The first-order valence-electron chi connectivity index (χ1n) is 5.15. The van der Waals surface area contributed by atoms with Gasteiger partial charge < -0.3 is 10.4 Å². The van der Waals surface area contributed by atoms with Crippen molar-refractivity contribution in [2.24, 2.45) is 0 Å². The summed E-state index contributed by atoms with van der Waals surface area (Å²) >= 11 is 5.69. The lowest BCUT2D eigenvalue weighted by atomic mass is 10.1. The monoisotopic (exact) mass is 272 g/mol. The lowest BCUT2D eigenvalue weighted by Gasteiger charge is -2.17. The van der Waals surface area contributed by atoms with Crippen LogP contribution < -0.4 is 5.32 Å². The van der Waals surface area contributed by atoms with Gasteiger partial charge in [-0.1, -0.05) is 11.6 Å². The molecule has 0 aliphatic carbocycles. The highest BCUT2D eigenvalue weighted by Gasteiger charge is 2.17. The number of aliphatic hydroxyl groups is 1. The lowest BCUT2D eigenvalue weighted by Crippen LogP contribution is -2.38. The van der Waals surface area contributed by atoms with Crippen molar-refractivity contribution < 1.29 is 14.8 Å². The average Bonchev–Trinajstić information content (AvgIpc) is 2.24. The number of amides is 1. The zero-order valence-corrected chi connectivity index (χ0v) is 10.7. The quantitative estimate of drug-likeness (QED) is 0.645. The fourth-order valence-electron chi connectivity index (χ4n) is 1.19. The fraction of sp³-hybridized carbons (Fsp3) is 0.364. The van der Waals surface area contributed by atoms with Crippen molar-refractivity contribution in [2.45, 2.75) is 19.4 Å². The second kappa shape index (κ2) is 5.32. The first-order chi connectivity index (χ1) is 8.20. The van der Waals surface area contributed by atoms with Crippen LogP contribution in [0.2, 0.25) is 5.02 Å². The van der Waals surface area contributed by atoms with E-state index in [0.29, 0.717) is 0 Å². The maximum atomic E-state index is 11.7. The largest absolute Gasteiger partial charge is 0.389 e. The number of benzene rings is 1. The molecule has 1 amide bonds. The third-order valence-corrected chi connectivity index (χ3v) is 2.39. The molecule has 0 aliphatic rings. The smallest absolute Gasteiger partial charge is 0.287 e. The van der Waals surface area contributed by atoms with Crippen molar-refractivity contribution in [1.29, 1.82) is 0 Å². The highest BCUT2D eigenvalue weighted by Crippen LogP contribution is 2.24. The van der Waals surface area contributed by atoms with Crippen LogP contribution in [0, 0.1) is 10.1 Å². The number of nitrogens with zero attached hydrogens (tertiary/aromatic N) is 1. The molecule has 0 bridgehead atoms. The van der Waals surface area contributed by atoms with Gasteiger partial charge in [0.2, 0.25) is 0 Å². The van der Waals surface area contributed by atoms with Gasteiger partial charge in [-0.15, -0.1) is 0 Å². The molecule has 98 valence electrons. The van der Waals surface area contributed by atoms with Crippen LogP contribution in [0.4, 0.5) is 5.69 Å². The first-order valence-corrected chi connectivity index (χ1v) is 5.53. The van der Waals surface area contributed by atoms with Crippen LogP contribution >= 0.6 is 11.6 Å². The van der Waals surface area contributed by atoms with E-state index in [2.05, 4.69) is 5.32 Å². The first kappa shape index (κ1) is 14.4. The van der Waals surface area contributed by atoms with E-state index in [1.54, 1.807) is 13.8 Å². The van der Waals surface area contributed by atoms with Gasteiger partial charge >= 0.3 is 0 Å². The Labute approximate surface area is 109 Å². The standard InChI is InChI=1S/C11H13ClN2O4/c1-11(2,16)6-13-10(15)7-3-4-9(14(17)18)8(12)5-7/h3-5,16H,6H2,1-2H3,(H,13,15). The molecule has 0 unspecified atom stereocenters. The predicted molar refractivity (Wildman–Crippen MR) is 66.7 cm³/mol. The Bertz CT molecular complexity index is 482. The Balaban J connectivity index is 2.82. The maximum Gasteiger partial charge on any atom is 0.287 e. The van der Waals surface area contributed by atoms with Gasteiger partial charge in [0.05, 0.1) is 10.5 Å². The van der Waals surface area contributed by atoms with Gasteiger partial charge in [0.15, 0.2) is 0 Å². The molecule has 1 aromatic rings. The zero-order chi connectivity index (χ0) is 13.9. The molecule has 0 saturated carbocycles. The number of nitro benzene ring substituents is 1. The molecule has 1 rings (SSSR count). The van der Waals surface area contributed by atoms with Crippen LogP contribution in [0.3, 0.4) is 0 Å². The fourth-order valence-corrected chi connectivity index (χ4v) is 1.44. The second-order valence-corrected chi connectivity index (χ2v) is 4.83. The van der Waals surface area contributed by atoms with Crippen LogP contribution in [0.25, 0.3) is 0 Å². The molecule has 2 N–H and O–H groups in total. The third-order valence-electron chi connectivity index (χ3n) is 2.09. The number of hydrogen-bond acceptors (Lipinski definition) is 4. The Hall–Kier alpha value is -1.66. The van der Waals surface area contributed by atoms with E-state index in [1.807, 2.05) is 0 Å². The van der Waals surface area contributed by atoms with Gasteiger partial charge in [-0.25, -0.2) is 0 Å². The highest BCUT2D eigenvalue weighted by molar-refractivity contribution is 6.33. The Morgan fingerprint density at radius 3 is 2.61 bits per heavy atom. The van der Waals surface area contributed by atoms with E-state index in [1.165, 1.54) is 18.2 Å². The summed E-state index contributed by atoms with van der Waals surface area (Å²) in [4.78, 5) is 21.6. The molecule has 0 aromatic heterocycles. The van der Waals surface area contributed by atoms with E-state index >= 15 is 0 Å². The minimum absolute atomic E-state index is 0.0699. The molecule has 0 atom stereocenters. The number of carbonyl (C=O) groups excluding carboxylic acids is 1. The van der Waals surface area contributed by atoms with E-state index in [0.717, 1.165) is 0 Å². The predicted octanol–water partition coefficient (Wildman–Crippen LogP) is 1.75. The summed E-state index contributed by atoms with van der Waals surface area (Å²) in [6.45, 7) is 3.17. The van der Waals surface area contributed by atoms with Crippen molar-refractivity contribution in [2.75, 3.05) is 6.54 Å². The summed E-state index contributed by atoms with van der Waals surface area (Å²) in [7, 11) is 0. The maximum absolute atomic E-state index is 11.7. The summed E-state index contributed by atoms with van der Waals surface area (Å²) in [5.74, 6) is -0.450. The summed E-state index contributed by atoms with van der Waals surface area (Å²) < 4.78 is 0. The van der Waals surface area contributed by atoms with E-state index in [9.17, 15) is 20.0 Å². The number of nitrogens with one attached hydrogen (secondary N) is 1. The summed E-state index contributed by atoms with van der Waals surface area (Å²) in [6, 6.07) is 3.70. The number of hydrogen-bond donors (Lipinski definition) is 2. The van der Waals surface area contributed by atoms with E-state index in [-0.39, 0.29) is 22.8 Å². The van der Waals surface area contributed by atoms with Gasteiger partial charge in [0, 0.05) is 18.2 Å². The van der Waals surface area contributed by atoms with Gasteiger partial charge in [-0.2, -0.15) is 0 Å². The Kier molecular flexibility index (Phi) is 4.26. The van der Waals surface area contributed by atoms with Gasteiger partial charge in [0.1, 0.15) is 5.02 Å². The van der Waals surface area contributed by atoms with Crippen LogP contribution in [0.5, 0.6) is 0 Å². The van der Waals surface area contributed by atoms with Crippen LogP contribution in [-0.2, 0) is 0 Å². The molecule has 0 spiro atoms. The molecular weight excluding hydrogens is 260 g/mol. The van der Waals surface area contributed by atoms with Crippen molar-refractivity contribution in [3.63, 3.8) is 0 Å². The van der Waals surface area contributed by atoms with Gasteiger partial charge in [-0.3, -0.25) is 14.9 Å². The summed E-state index contributed by atoms with van der Waals surface area (Å²) in [6.07, 6.45) is 0. The Morgan fingerprint density at radius 1 is 1.56 bits per heavy atom. The van der Waals surface area contributed by atoms with Crippen LogP contribution in [-0.4, -0.2) is 28.1 Å². The molecule has 0 aliphatic heterocycles. The molecule has 1 aromatic carbocycles. The lowest BCUT2D eigenvalue weighted by molar-refractivity contribution is -0.384. The molecule has 18 heavy (non-hydrogen) atoms. The molecule has 6 nitrogen and oxygen atoms in total. The molecule has 0 radical (unpaired) electrons. The number of halogens is 1. The van der Waals surface area contributed by atoms with Crippen molar-refractivity contribution in [3.05, 3.63) is 38.9 Å². The summed E-state index contributed by atoms with van der Waals surface area (Å²) in [5.41, 5.74) is -1.08. The molecule has 7 heteroatoms. The minimum atomic E-state index is -1.03. The van der Waals surface area contributed by atoms with Crippen LogP contribution in [0.1, 0.15) is 24.2 Å². The molecule has 0 saturated heterocycles. The minimum Gasteiger partial charge on any atom is -0.389 e. The van der Waals surface area contributed by atoms with Gasteiger partial charge in [-0.05, 0) is 26.0 Å². The number of nitro groups is 1. The van der Waals surface area contributed by atoms with Crippen LogP contribution in [0.15, 0.2) is 18.2 Å². The van der Waals surface area contributed by atoms with Crippen molar-refractivity contribution in [3.8, 4) is 0 Å². The van der Waals surface area contributed by atoms with Gasteiger partial charge in [0.25, 0.3) is 11.6 Å². The van der Waals surface area contributed by atoms with E-state index < -0.39 is 16.4 Å².